The van der Waals surface area contributed by atoms with Gasteiger partial charge in [0.1, 0.15) is 16.7 Å². The van der Waals surface area contributed by atoms with Crippen LogP contribution >= 0.6 is 23.2 Å². The van der Waals surface area contributed by atoms with Crippen molar-refractivity contribution >= 4 is 29.2 Å². The monoisotopic (exact) mass is 329 g/mol. The van der Waals surface area contributed by atoms with Crippen LogP contribution in [0, 0.1) is 5.82 Å². The van der Waals surface area contributed by atoms with Gasteiger partial charge >= 0.3 is 5.97 Å². The first-order valence-corrected chi connectivity index (χ1v) is 6.52. The van der Waals surface area contributed by atoms with Crippen molar-refractivity contribution in [2.24, 2.45) is 0 Å². The molecule has 0 bridgehead atoms. The number of hydrogen-bond donors (Lipinski definition) is 0. The highest BCUT2D eigenvalue weighted by Crippen LogP contribution is 2.37. The Morgan fingerprint density at radius 2 is 2.00 bits per heavy atom. The number of esters is 1. The molecule has 0 aliphatic rings. The number of nitrogens with zero attached hydrogens (tertiary/aromatic N) is 1. The lowest BCUT2D eigenvalue weighted by Gasteiger charge is -2.12. The van der Waals surface area contributed by atoms with Crippen LogP contribution in [0.2, 0.25) is 10.2 Å². The third kappa shape index (κ3) is 2.94. The van der Waals surface area contributed by atoms with Gasteiger partial charge in [0.25, 0.3) is 0 Å². The number of aromatic nitrogens is 1. The van der Waals surface area contributed by atoms with Crippen LogP contribution in [0.3, 0.4) is 0 Å². The topological polar surface area (TPSA) is 48.4 Å². The number of hydrogen-bond acceptors (Lipinski definition) is 4. The van der Waals surface area contributed by atoms with Gasteiger partial charge in [-0.2, -0.15) is 0 Å². The molecule has 0 saturated heterocycles. The van der Waals surface area contributed by atoms with E-state index in [-0.39, 0.29) is 32.7 Å². The molecule has 4 nitrogen and oxygen atoms in total. The first-order valence-electron chi connectivity index (χ1n) is 5.76. The second-order valence-electron chi connectivity index (χ2n) is 3.97. The molecule has 2 rings (SSSR count). The second-order valence-corrected chi connectivity index (χ2v) is 4.73. The van der Waals surface area contributed by atoms with E-state index in [0.717, 1.165) is 0 Å². The summed E-state index contributed by atoms with van der Waals surface area (Å²) in [6, 6.07) is 5.59. The standard InChI is InChI=1S/C14H10Cl2FNO3/c1-20-10-5-3-4-9(17)11(10)12-8(15)6-7(13(16)18-12)14(19)21-2/h3-6H,1-2H3. The van der Waals surface area contributed by atoms with Crippen LogP contribution in [0.5, 0.6) is 5.75 Å². The summed E-state index contributed by atoms with van der Waals surface area (Å²) in [5, 5.41) is -0.0743. The van der Waals surface area contributed by atoms with Crippen molar-refractivity contribution in [1.82, 2.24) is 4.98 Å². The molecule has 2 aromatic rings. The fraction of sp³-hybridized carbons (Fsp3) is 0.143. The lowest BCUT2D eigenvalue weighted by molar-refractivity contribution is 0.0600. The lowest BCUT2D eigenvalue weighted by atomic mass is 10.1. The van der Waals surface area contributed by atoms with Crippen molar-refractivity contribution < 1.29 is 18.7 Å². The summed E-state index contributed by atoms with van der Waals surface area (Å²) in [5.74, 6) is -0.988. The molecular formula is C14H10Cl2FNO3. The van der Waals surface area contributed by atoms with Gasteiger partial charge in [-0.15, -0.1) is 0 Å². The molecule has 1 heterocycles. The maximum Gasteiger partial charge on any atom is 0.341 e. The smallest absolute Gasteiger partial charge is 0.341 e. The minimum Gasteiger partial charge on any atom is -0.496 e. The molecule has 0 fully saturated rings. The average Bonchev–Trinajstić information content (AvgIpc) is 2.48. The van der Waals surface area contributed by atoms with Crippen LogP contribution in [-0.4, -0.2) is 25.2 Å². The third-order valence-corrected chi connectivity index (χ3v) is 3.34. The summed E-state index contributed by atoms with van der Waals surface area (Å²) in [4.78, 5) is 15.5. The van der Waals surface area contributed by atoms with Gasteiger partial charge in [-0.05, 0) is 18.2 Å². The van der Waals surface area contributed by atoms with E-state index in [9.17, 15) is 9.18 Å². The van der Waals surface area contributed by atoms with E-state index in [1.165, 1.54) is 32.4 Å². The maximum absolute atomic E-state index is 14.0. The number of carbonyl (C=O) groups is 1. The Labute approximate surface area is 130 Å². The van der Waals surface area contributed by atoms with Crippen LogP contribution in [-0.2, 0) is 4.74 Å². The molecule has 0 atom stereocenters. The first-order chi connectivity index (χ1) is 9.99. The normalized spacial score (nSPS) is 10.3. The maximum atomic E-state index is 14.0. The molecule has 0 aliphatic heterocycles. The van der Waals surface area contributed by atoms with Crippen molar-refractivity contribution in [3.05, 3.63) is 45.8 Å². The van der Waals surface area contributed by atoms with Crippen LogP contribution in [0.25, 0.3) is 11.3 Å². The second kappa shape index (κ2) is 6.28. The molecule has 0 amide bonds. The predicted octanol–water partition coefficient (Wildman–Crippen LogP) is 3.99. The summed E-state index contributed by atoms with van der Waals surface area (Å²) in [7, 11) is 2.61. The highest BCUT2D eigenvalue weighted by molar-refractivity contribution is 6.36. The van der Waals surface area contributed by atoms with Crippen LogP contribution in [0.1, 0.15) is 10.4 Å². The molecule has 1 aromatic heterocycles. The Morgan fingerprint density at radius 3 is 2.62 bits per heavy atom. The van der Waals surface area contributed by atoms with Crippen molar-refractivity contribution in [1.29, 1.82) is 0 Å². The SMILES string of the molecule is COC(=O)c1cc(Cl)c(-c2c(F)cccc2OC)nc1Cl. The number of carbonyl (C=O) groups excluding carboxylic acids is 1. The van der Waals surface area contributed by atoms with E-state index in [1.54, 1.807) is 6.07 Å². The Kier molecular flexibility index (Phi) is 4.65. The van der Waals surface area contributed by atoms with E-state index in [4.69, 9.17) is 27.9 Å². The number of benzene rings is 1. The van der Waals surface area contributed by atoms with E-state index < -0.39 is 11.8 Å². The van der Waals surface area contributed by atoms with Crippen molar-refractivity contribution in [2.45, 2.75) is 0 Å². The fourth-order valence-corrected chi connectivity index (χ4v) is 2.26. The number of ether oxygens (including phenoxy) is 2. The van der Waals surface area contributed by atoms with Gasteiger partial charge in [0.2, 0.25) is 0 Å². The highest BCUT2D eigenvalue weighted by Gasteiger charge is 2.21. The van der Waals surface area contributed by atoms with Crippen LogP contribution < -0.4 is 4.74 Å². The zero-order valence-corrected chi connectivity index (χ0v) is 12.6. The Balaban J connectivity index is 2.67. The molecule has 0 aliphatic carbocycles. The minimum absolute atomic E-state index is 0.00298. The van der Waals surface area contributed by atoms with Gasteiger partial charge in [0.05, 0.1) is 36.1 Å². The minimum atomic E-state index is -0.679. The van der Waals surface area contributed by atoms with Gasteiger partial charge in [-0.25, -0.2) is 14.2 Å². The van der Waals surface area contributed by atoms with Gasteiger partial charge in [0.15, 0.2) is 0 Å². The molecule has 0 unspecified atom stereocenters. The Hall–Kier alpha value is -1.85. The van der Waals surface area contributed by atoms with Gasteiger partial charge in [-0.3, -0.25) is 0 Å². The van der Waals surface area contributed by atoms with E-state index in [0.29, 0.717) is 0 Å². The number of halogens is 3. The highest BCUT2D eigenvalue weighted by atomic mass is 35.5. The first kappa shape index (κ1) is 15.5. The quantitative estimate of drug-likeness (QED) is 0.631. The molecule has 1 aromatic carbocycles. The molecule has 0 N–H and O–H groups in total. The van der Waals surface area contributed by atoms with E-state index in [2.05, 4.69) is 9.72 Å². The van der Waals surface area contributed by atoms with Crippen LogP contribution in [0.15, 0.2) is 24.3 Å². The number of pyridine rings is 1. The zero-order chi connectivity index (χ0) is 15.6. The Morgan fingerprint density at radius 1 is 1.29 bits per heavy atom. The molecule has 0 spiro atoms. The number of methoxy groups -OCH3 is 2. The van der Waals surface area contributed by atoms with E-state index in [1.807, 2.05) is 0 Å². The van der Waals surface area contributed by atoms with Gasteiger partial charge in [0, 0.05) is 0 Å². The average molecular weight is 330 g/mol. The molecule has 110 valence electrons. The van der Waals surface area contributed by atoms with Gasteiger partial charge < -0.3 is 9.47 Å². The van der Waals surface area contributed by atoms with Crippen molar-refractivity contribution in [2.75, 3.05) is 14.2 Å². The molecule has 0 saturated carbocycles. The summed E-state index contributed by atoms with van der Waals surface area (Å²) in [6.07, 6.45) is 0. The predicted molar refractivity (Wildman–Crippen MR) is 77.5 cm³/mol. The lowest BCUT2D eigenvalue weighted by Crippen LogP contribution is -2.05. The zero-order valence-electron chi connectivity index (χ0n) is 11.1. The molecule has 21 heavy (non-hydrogen) atoms. The largest absolute Gasteiger partial charge is 0.496 e. The summed E-state index contributed by atoms with van der Waals surface area (Å²) in [5.41, 5.74) is 0.163. The Bertz CT molecular complexity index is 707. The molecular weight excluding hydrogens is 320 g/mol. The van der Waals surface area contributed by atoms with Gasteiger partial charge in [-0.1, -0.05) is 29.3 Å². The van der Waals surface area contributed by atoms with Crippen molar-refractivity contribution in [3.8, 4) is 17.0 Å². The van der Waals surface area contributed by atoms with E-state index >= 15 is 0 Å². The summed E-state index contributed by atoms with van der Waals surface area (Å²) < 4.78 is 23.7. The summed E-state index contributed by atoms with van der Waals surface area (Å²) >= 11 is 12.0. The van der Waals surface area contributed by atoms with Crippen molar-refractivity contribution in [3.63, 3.8) is 0 Å². The third-order valence-electron chi connectivity index (χ3n) is 2.77. The number of rotatable bonds is 3. The summed E-state index contributed by atoms with van der Waals surface area (Å²) in [6.45, 7) is 0. The van der Waals surface area contributed by atoms with Crippen LogP contribution in [0.4, 0.5) is 4.39 Å². The fourth-order valence-electron chi connectivity index (χ4n) is 1.80. The molecule has 0 radical (unpaired) electrons. The molecule has 7 heteroatoms.